The van der Waals surface area contributed by atoms with Crippen molar-refractivity contribution in [2.45, 2.75) is 47.9 Å². The van der Waals surface area contributed by atoms with Crippen LogP contribution in [0.2, 0.25) is 5.02 Å². The molecule has 0 aromatic heterocycles. The van der Waals surface area contributed by atoms with Gasteiger partial charge in [-0.2, -0.15) is 0 Å². The van der Waals surface area contributed by atoms with E-state index in [1.165, 1.54) is 12.1 Å². The molecule has 2 unspecified atom stereocenters. The van der Waals surface area contributed by atoms with Gasteiger partial charge in [0, 0.05) is 23.4 Å². The number of benzene rings is 2. The number of rotatable bonds is 6. The summed E-state index contributed by atoms with van der Waals surface area (Å²) in [7, 11) is -3.96. The van der Waals surface area contributed by atoms with E-state index in [0.717, 1.165) is 6.07 Å². The lowest BCUT2D eigenvalue weighted by Crippen LogP contribution is -2.45. The Morgan fingerprint density at radius 1 is 1.15 bits per heavy atom. The van der Waals surface area contributed by atoms with Crippen LogP contribution in [0.5, 0.6) is 0 Å². The van der Waals surface area contributed by atoms with Crippen LogP contribution in [0.15, 0.2) is 47.9 Å². The first-order chi connectivity index (χ1) is 15.9. The molecule has 2 aliphatic carbocycles. The summed E-state index contributed by atoms with van der Waals surface area (Å²) in [4.78, 5) is 12.4. The van der Waals surface area contributed by atoms with E-state index < -0.39 is 44.0 Å². The van der Waals surface area contributed by atoms with Gasteiger partial charge in [0.1, 0.15) is 0 Å². The van der Waals surface area contributed by atoms with E-state index in [2.05, 4.69) is 11.9 Å². The van der Waals surface area contributed by atoms with Crippen molar-refractivity contribution in [3.05, 3.63) is 71.0 Å². The van der Waals surface area contributed by atoms with Crippen molar-refractivity contribution in [1.82, 2.24) is 0 Å². The summed E-state index contributed by atoms with van der Waals surface area (Å²) in [6, 6.07) is 4.93. The molecule has 2 aliphatic rings. The maximum atomic E-state index is 13.6. The molecule has 0 saturated heterocycles. The fourth-order valence-electron chi connectivity index (χ4n) is 5.42. The lowest BCUT2D eigenvalue weighted by Gasteiger charge is -2.40. The molecule has 0 heterocycles. The number of nitrogens with one attached hydrogen (secondary N) is 1. The molecular weight excluding hydrogens is 491 g/mol. The van der Waals surface area contributed by atoms with E-state index in [1.54, 1.807) is 6.08 Å². The molecule has 10 heteroatoms. The molecule has 2 aromatic carbocycles. The van der Waals surface area contributed by atoms with Gasteiger partial charge >= 0.3 is 0 Å². The maximum Gasteiger partial charge on any atom is 0.255 e. The molecular formula is C24H23ClF3NO4S. The Balaban J connectivity index is 1.62. The van der Waals surface area contributed by atoms with Crippen LogP contribution in [-0.2, 0) is 9.84 Å². The van der Waals surface area contributed by atoms with Crippen LogP contribution in [-0.4, -0.2) is 30.3 Å². The fourth-order valence-corrected chi connectivity index (χ4v) is 8.26. The van der Waals surface area contributed by atoms with Gasteiger partial charge in [0.05, 0.1) is 20.8 Å². The molecule has 0 radical (unpaired) electrons. The first kappa shape index (κ1) is 24.8. The number of amides is 1. The summed E-state index contributed by atoms with van der Waals surface area (Å²) in [6.45, 7) is 3.67. The first-order valence-corrected chi connectivity index (χ1v) is 12.7. The Morgan fingerprint density at radius 2 is 1.74 bits per heavy atom. The van der Waals surface area contributed by atoms with Gasteiger partial charge in [-0.05, 0) is 62.1 Å². The monoisotopic (exact) mass is 513 g/mol. The van der Waals surface area contributed by atoms with Gasteiger partial charge in [0.15, 0.2) is 27.3 Å². The molecule has 2 aromatic rings. The molecule has 2 bridgehead atoms. The molecule has 4 rings (SSSR count). The van der Waals surface area contributed by atoms with Gasteiger partial charge in [-0.1, -0.05) is 17.7 Å². The zero-order valence-electron chi connectivity index (χ0n) is 18.0. The van der Waals surface area contributed by atoms with Crippen LogP contribution < -0.4 is 5.32 Å². The predicted molar refractivity (Wildman–Crippen MR) is 122 cm³/mol. The third-order valence-electron chi connectivity index (χ3n) is 6.75. The lowest BCUT2D eigenvalue weighted by atomic mass is 9.75. The van der Waals surface area contributed by atoms with Gasteiger partial charge in [0.2, 0.25) is 0 Å². The number of carbonyl (C=O) groups is 1. The maximum absolute atomic E-state index is 13.6. The number of fused-ring (bicyclic) bond motifs is 2. The van der Waals surface area contributed by atoms with Crippen molar-refractivity contribution in [3.63, 3.8) is 0 Å². The van der Waals surface area contributed by atoms with E-state index in [9.17, 15) is 31.5 Å². The van der Waals surface area contributed by atoms with Crippen LogP contribution in [0.3, 0.4) is 0 Å². The smallest absolute Gasteiger partial charge is 0.255 e. The molecule has 2 saturated carbocycles. The number of carbonyl (C=O) groups excluding carboxylic acids is 1. The van der Waals surface area contributed by atoms with Crippen LogP contribution in [0.1, 0.15) is 42.5 Å². The van der Waals surface area contributed by atoms with Gasteiger partial charge in [-0.15, -0.1) is 6.58 Å². The van der Waals surface area contributed by atoms with E-state index >= 15 is 0 Å². The minimum atomic E-state index is -3.96. The molecule has 4 atom stereocenters. The van der Waals surface area contributed by atoms with E-state index in [0.29, 0.717) is 44.2 Å². The molecule has 0 spiro atoms. The SMILES string of the molecule is C=CC[C@@]1(O)CC2CC[C@@H](C1)C2S(=O)(=O)c1cc(C(=O)Nc2cc(F)c(F)c(F)c2)ccc1Cl. The van der Waals surface area contributed by atoms with E-state index in [-0.39, 0.29) is 33.0 Å². The third kappa shape index (κ3) is 4.48. The van der Waals surface area contributed by atoms with Crippen LogP contribution in [0, 0.1) is 29.3 Å². The van der Waals surface area contributed by atoms with Crippen molar-refractivity contribution in [3.8, 4) is 0 Å². The molecule has 0 aliphatic heterocycles. The Bertz CT molecular complexity index is 1230. The van der Waals surface area contributed by atoms with Crippen molar-refractivity contribution >= 4 is 33.0 Å². The standard InChI is InChI=1S/C24H23ClF3NO4S/c1-2-7-24(31)11-14-3-4-15(12-24)22(14)34(32,33)20-8-13(5-6-17(20)25)23(30)29-16-9-18(26)21(28)19(27)10-16/h2,5-6,8-10,14-15,22,31H,1,3-4,7,11-12H2,(H,29,30)/t14-,15?,22?,24-/m0/s1. The minimum Gasteiger partial charge on any atom is -0.390 e. The zero-order valence-corrected chi connectivity index (χ0v) is 19.6. The topological polar surface area (TPSA) is 83.5 Å². The zero-order chi connectivity index (χ0) is 24.8. The highest BCUT2D eigenvalue weighted by Gasteiger charge is 2.53. The third-order valence-corrected chi connectivity index (χ3v) is 9.62. The highest BCUT2D eigenvalue weighted by Crippen LogP contribution is 2.52. The Morgan fingerprint density at radius 3 is 2.29 bits per heavy atom. The average Bonchev–Trinajstić information content (AvgIpc) is 3.05. The van der Waals surface area contributed by atoms with Crippen molar-refractivity contribution in [2.75, 3.05) is 5.32 Å². The molecule has 5 nitrogen and oxygen atoms in total. The molecule has 1 amide bonds. The number of hydrogen-bond donors (Lipinski definition) is 2. The average molecular weight is 514 g/mol. The summed E-state index contributed by atoms with van der Waals surface area (Å²) in [5.41, 5.74) is -1.41. The predicted octanol–water partition coefficient (Wildman–Crippen LogP) is 5.28. The van der Waals surface area contributed by atoms with Crippen LogP contribution in [0.25, 0.3) is 0 Å². The first-order valence-electron chi connectivity index (χ1n) is 10.8. The number of aliphatic hydroxyl groups is 1. The van der Waals surface area contributed by atoms with Crippen LogP contribution in [0.4, 0.5) is 18.9 Å². The second-order valence-electron chi connectivity index (χ2n) is 9.09. The quantitative estimate of drug-likeness (QED) is 0.406. The van der Waals surface area contributed by atoms with Gasteiger partial charge in [0.25, 0.3) is 5.91 Å². The number of hydrogen-bond acceptors (Lipinski definition) is 4. The Hall–Kier alpha value is -2.36. The molecule has 2 fully saturated rings. The molecule has 2 N–H and O–H groups in total. The molecule has 34 heavy (non-hydrogen) atoms. The van der Waals surface area contributed by atoms with E-state index in [1.807, 2.05) is 0 Å². The summed E-state index contributed by atoms with van der Waals surface area (Å²) >= 11 is 6.23. The summed E-state index contributed by atoms with van der Waals surface area (Å²) in [6.07, 6.45) is 4.00. The van der Waals surface area contributed by atoms with Crippen molar-refractivity contribution < 1.29 is 31.5 Å². The number of anilines is 1. The van der Waals surface area contributed by atoms with Gasteiger partial charge in [-0.25, -0.2) is 21.6 Å². The molecule has 182 valence electrons. The fraction of sp³-hybridized carbons (Fsp3) is 0.375. The second kappa shape index (κ2) is 9.02. The van der Waals surface area contributed by atoms with Gasteiger partial charge in [-0.3, -0.25) is 4.79 Å². The normalized spacial score (nSPS) is 26.3. The summed E-state index contributed by atoms with van der Waals surface area (Å²) < 4.78 is 67.4. The largest absolute Gasteiger partial charge is 0.390 e. The van der Waals surface area contributed by atoms with Crippen LogP contribution >= 0.6 is 11.6 Å². The second-order valence-corrected chi connectivity index (χ2v) is 11.6. The lowest BCUT2D eigenvalue weighted by molar-refractivity contribution is -0.0161. The summed E-state index contributed by atoms with van der Waals surface area (Å²) in [5, 5.41) is 12.3. The van der Waals surface area contributed by atoms with Crippen molar-refractivity contribution in [2.24, 2.45) is 11.8 Å². The summed E-state index contributed by atoms with van der Waals surface area (Å²) in [5.74, 6) is -5.97. The number of halogens is 4. The highest BCUT2D eigenvalue weighted by molar-refractivity contribution is 7.92. The minimum absolute atomic E-state index is 0.0539. The Labute approximate surface area is 200 Å². The van der Waals surface area contributed by atoms with Crippen molar-refractivity contribution in [1.29, 1.82) is 0 Å². The number of sulfone groups is 1. The van der Waals surface area contributed by atoms with E-state index in [4.69, 9.17) is 11.6 Å². The Kier molecular flexibility index (Phi) is 6.56. The highest BCUT2D eigenvalue weighted by atomic mass is 35.5. The van der Waals surface area contributed by atoms with Gasteiger partial charge < -0.3 is 10.4 Å².